The van der Waals surface area contributed by atoms with Crippen molar-refractivity contribution in [1.82, 2.24) is 0 Å². The molecule has 0 radical (unpaired) electrons. The highest BCUT2D eigenvalue weighted by atomic mass is 32.4. The molecule has 0 aliphatic heterocycles. The van der Waals surface area contributed by atoms with E-state index in [2.05, 4.69) is 12.1 Å². The number of benzene rings is 3. The zero-order chi connectivity index (χ0) is 18.4. The molecule has 3 rings (SSSR count). The topological polar surface area (TPSA) is 47.6 Å². The van der Waals surface area contributed by atoms with Crippen molar-refractivity contribution < 1.29 is 0 Å². The van der Waals surface area contributed by atoms with Crippen molar-refractivity contribution >= 4 is 28.5 Å². The van der Waals surface area contributed by atoms with Crippen molar-refractivity contribution in [1.29, 1.82) is 10.5 Å². The summed E-state index contributed by atoms with van der Waals surface area (Å²) in [6, 6.07) is 29.7. The lowest BCUT2D eigenvalue weighted by molar-refractivity contribution is 1.01. The smallest absolute Gasteiger partial charge is 0.0994 e. The molecule has 4 heteroatoms. The SMILES string of the molecule is N#Cc1ccccc1CC(C#N)P(=S)(c1ccccc1)c1ccccc1. The Kier molecular flexibility index (Phi) is 5.65. The van der Waals surface area contributed by atoms with Gasteiger partial charge in [0.05, 0.1) is 23.4 Å². The van der Waals surface area contributed by atoms with E-state index in [1.165, 1.54) is 0 Å². The summed E-state index contributed by atoms with van der Waals surface area (Å²) >= 11 is 6.24. The first-order valence-electron chi connectivity index (χ1n) is 8.28. The fourth-order valence-corrected chi connectivity index (χ4v) is 7.04. The van der Waals surface area contributed by atoms with Gasteiger partial charge < -0.3 is 0 Å². The molecule has 26 heavy (non-hydrogen) atoms. The van der Waals surface area contributed by atoms with E-state index in [0.717, 1.165) is 16.2 Å². The van der Waals surface area contributed by atoms with Gasteiger partial charge in [-0.2, -0.15) is 10.5 Å². The van der Waals surface area contributed by atoms with Gasteiger partial charge in [0, 0.05) is 6.04 Å². The fourth-order valence-electron chi connectivity index (χ4n) is 3.08. The minimum absolute atomic E-state index is 0.378. The Hall–Kier alpha value is -2.71. The minimum atomic E-state index is -2.37. The zero-order valence-electron chi connectivity index (χ0n) is 14.1. The van der Waals surface area contributed by atoms with Gasteiger partial charge >= 0.3 is 0 Å². The van der Waals surface area contributed by atoms with Gasteiger partial charge in [-0.1, -0.05) is 90.7 Å². The maximum Gasteiger partial charge on any atom is 0.0994 e. The molecular weight excluding hydrogens is 355 g/mol. The monoisotopic (exact) mass is 372 g/mol. The third kappa shape index (κ3) is 3.47. The normalized spacial score (nSPS) is 11.9. The zero-order valence-corrected chi connectivity index (χ0v) is 15.8. The molecule has 1 atom stereocenters. The number of nitrogens with zero attached hydrogens (tertiary/aromatic N) is 2. The summed E-state index contributed by atoms with van der Waals surface area (Å²) in [4.78, 5) is 0. The summed E-state index contributed by atoms with van der Waals surface area (Å²) in [5.41, 5.74) is 1.11. The molecule has 0 aromatic heterocycles. The Morgan fingerprint density at radius 1 is 0.769 bits per heavy atom. The van der Waals surface area contributed by atoms with Gasteiger partial charge in [0.15, 0.2) is 0 Å². The van der Waals surface area contributed by atoms with Gasteiger partial charge in [-0.15, -0.1) is 0 Å². The average molecular weight is 372 g/mol. The lowest BCUT2D eigenvalue weighted by Crippen LogP contribution is -2.26. The van der Waals surface area contributed by atoms with Gasteiger partial charge in [-0.05, 0) is 28.7 Å². The molecule has 0 aliphatic carbocycles. The molecule has 0 amide bonds. The van der Waals surface area contributed by atoms with E-state index in [0.29, 0.717) is 12.0 Å². The van der Waals surface area contributed by atoms with E-state index < -0.39 is 6.04 Å². The van der Waals surface area contributed by atoms with Crippen LogP contribution in [0.4, 0.5) is 0 Å². The van der Waals surface area contributed by atoms with Gasteiger partial charge in [-0.25, -0.2) is 0 Å². The van der Waals surface area contributed by atoms with Crippen molar-refractivity contribution in [2.24, 2.45) is 0 Å². The molecule has 0 saturated heterocycles. The van der Waals surface area contributed by atoms with E-state index in [1.807, 2.05) is 78.9 Å². The van der Waals surface area contributed by atoms with E-state index in [4.69, 9.17) is 11.8 Å². The van der Waals surface area contributed by atoms with Gasteiger partial charge in [0.25, 0.3) is 0 Å². The quantitative estimate of drug-likeness (QED) is 0.633. The van der Waals surface area contributed by atoms with E-state index in [9.17, 15) is 10.5 Å². The van der Waals surface area contributed by atoms with Crippen LogP contribution in [0.1, 0.15) is 11.1 Å². The van der Waals surface area contributed by atoms with Crippen LogP contribution in [0.25, 0.3) is 0 Å². The molecule has 0 aliphatic rings. The third-order valence-electron chi connectivity index (χ3n) is 4.42. The van der Waals surface area contributed by atoms with Gasteiger partial charge in [0.1, 0.15) is 0 Å². The second-order valence-electron chi connectivity index (χ2n) is 5.95. The van der Waals surface area contributed by atoms with Crippen LogP contribution < -0.4 is 10.6 Å². The van der Waals surface area contributed by atoms with Crippen molar-refractivity contribution in [3.63, 3.8) is 0 Å². The first-order chi connectivity index (χ1) is 12.7. The molecule has 0 saturated carbocycles. The highest BCUT2D eigenvalue weighted by molar-refractivity contribution is 8.22. The molecule has 0 heterocycles. The molecule has 0 fully saturated rings. The van der Waals surface area contributed by atoms with Crippen molar-refractivity contribution in [2.75, 3.05) is 0 Å². The van der Waals surface area contributed by atoms with Crippen molar-refractivity contribution in [3.05, 3.63) is 96.1 Å². The van der Waals surface area contributed by atoms with Crippen molar-refractivity contribution in [2.45, 2.75) is 12.1 Å². The molecule has 126 valence electrons. The first-order valence-corrected chi connectivity index (χ1v) is 11.2. The molecule has 3 aromatic carbocycles. The van der Waals surface area contributed by atoms with Gasteiger partial charge in [-0.3, -0.25) is 0 Å². The van der Waals surface area contributed by atoms with Crippen LogP contribution in [0.5, 0.6) is 0 Å². The first kappa shape index (κ1) is 18.1. The van der Waals surface area contributed by atoms with Crippen LogP contribution in [0.2, 0.25) is 0 Å². The van der Waals surface area contributed by atoms with E-state index >= 15 is 0 Å². The second-order valence-corrected chi connectivity index (χ2v) is 10.6. The Balaban J connectivity index is 2.14. The van der Waals surface area contributed by atoms with E-state index in [-0.39, 0.29) is 5.66 Å². The lowest BCUT2D eigenvalue weighted by atomic mass is 10.0. The summed E-state index contributed by atoms with van der Waals surface area (Å²) in [6.45, 7) is 0. The Labute approximate surface area is 159 Å². The van der Waals surface area contributed by atoms with Crippen LogP contribution >= 0.6 is 6.04 Å². The standard InChI is InChI=1S/C22H17N2PS/c23-16-19-10-8-7-9-18(19)15-22(17-24)25(26,20-11-3-1-4-12-20)21-13-5-2-6-14-21/h1-14,22H,15H2. The van der Waals surface area contributed by atoms with Crippen LogP contribution in [0.3, 0.4) is 0 Å². The summed E-state index contributed by atoms with van der Waals surface area (Å²) in [5.74, 6) is 0. The minimum Gasteiger partial charge on any atom is -0.198 e. The maximum atomic E-state index is 10.0. The largest absolute Gasteiger partial charge is 0.198 e. The molecule has 3 aromatic rings. The van der Waals surface area contributed by atoms with Crippen LogP contribution in [0.15, 0.2) is 84.9 Å². The predicted octanol–water partition coefficient (Wildman–Crippen LogP) is 4.12. The third-order valence-corrected chi connectivity index (χ3v) is 9.75. The molecule has 0 spiro atoms. The van der Waals surface area contributed by atoms with E-state index in [1.54, 1.807) is 6.07 Å². The Morgan fingerprint density at radius 2 is 1.27 bits per heavy atom. The van der Waals surface area contributed by atoms with Crippen LogP contribution in [-0.4, -0.2) is 5.66 Å². The molecular formula is C22H17N2PS. The fraction of sp³-hybridized carbons (Fsp3) is 0.0909. The second kappa shape index (κ2) is 8.11. The summed E-state index contributed by atoms with van der Waals surface area (Å²) in [5, 5.41) is 21.5. The summed E-state index contributed by atoms with van der Waals surface area (Å²) in [7, 11) is 0. The highest BCUT2D eigenvalue weighted by Gasteiger charge is 2.32. The Bertz CT molecular complexity index is 974. The maximum absolute atomic E-state index is 10.0. The number of hydrogen-bond acceptors (Lipinski definition) is 3. The Morgan fingerprint density at radius 3 is 1.77 bits per heavy atom. The van der Waals surface area contributed by atoms with Crippen molar-refractivity contribution in [3.8, 4) is 12.1 Å². The number of rotatable bonds is 5. The van der Waals surface area contributed by atoms with Crippen LogP contribution in [-0.2, 0) is 18.2 Å². The average Bonchev–Trinajstić information content (AvgIpc) is 2.73. The number of hydrogen-bond donors (Lipinski definition) is 0. The molecule has 0 N–H and O–H groups in total. The lowest BCUT2D eigenvalue weighted by Gasteiger charge is -2.28. The summed E-state index contributed by atoms with van der Waals surface area (Å²) in [6.07, 6.45) is 0.474. The number of nitriles is 2. The molecule has 2 nitrogen and oxygen atoms in total. The highest BCUT2D eigenvalue weighted by Crippen LogP contribution is 2.50. The predicted molar refractivity (Wildman–Crippen MR) is 111 cm³/mol. The van der Waals surface area contributed by atoms with Gasteiger partial charge in [0.2, 0.25) is 0 Å². The molecule has 1 unspecified atom stereocenters. The van der Waals surface area contributed by atoms with Crippen LogP contribution in [0, 0.1) is 22.7 Å². The molecule has 0 bridgehead atoms. The summed E-state index contributed by atoms with van der Waals surface area (Å²) < 4.78 is 0.